The fourth-order valence-electron chi connectivity index (χ4n) is 1.60. The minimum absolute atomic E-state index is 1.06. The fraction of sp³-hybridized carbons (Fsp3) is 0.273. The number of hydrogen-bond donors (Lipinski definition) is 0. The lowest BCUT2D eigenvalue weighted by Crippen LogP contribution is -1.95. The molecule has 1 aromatic carbocycles. The second kappa shape index (κ2) is 4.49. The van der Waals surface area contributed by atoms with Crippen molar-refractivity contribution in [3.05, 3.63) is 34.9 Å². The van der Waals surface area contributed by atoms with Crippen molar-refractivity contribution < 1.29 is 0 Å². The van der Waals surface area contributed by atoms with E-state index in [1.807, 2.05) is 0 Å². The number of nitrogens with zero attached hydrogens (tertiary/aromatic N) is 1. The van der Waals surface area contributed by atoms with Gasteiger partial charge in [-0.05, 0) is 30.7 Å². The van der Waals surface area contributed by atoms with Crippen molar-refractivity contribution in [2.24, 2.45) is 0 Å². The number of halogens is 2. The van der Waals surface area contributed by atoms with Gasteiger partial charge in [-0.3, -0.25) is 0 Å². The molecule has 0 saturated heterocycles. The molecule has 0 spiro atoms. The highest BCUT2D eigenvalue weighted by Crippen LogP contribution is 2.21. The predicted octanol–water partition coefficient (Wildman–Crippen LogP) is 4.19. The van der Waals surface area contributed by atoms with Crippen molar-refractivity contribution >= 4 is 42.8 Å². The Hall–Kier alpha value is -0.280. The summed E-state index contributed by atoms with van der Waals surface area (Å²) in [7, 11) is 0. The zero-order valence-electron chi connectivity index (χ0n) is 7.71. The van der Waals surface area contributed by atoms with E-state index in [4.69, 9.17) is 0 Å². The van der Waals surface area contributed by atoms with Crippen LogP contribution in [0.5, 0.6) is 0 Å². The Balaban J connectivity index is 2.37. The van der Waals surface area contributed by atoms with Gasteiger partial charge in [0.2, 0.25) is 0 Å². The molecule has 0 fully saturated rings. The van der Waals surface area contributed by atoms with Crippen LogP contribution in [0.3, 0.4) is 0 Å². The minimum atomic E-state index is 1.06. The molecule has 0 amide bonds. The average molecular weight is 317 g/mol. The summed E-state index contributed by atoms with van der Waals surface area (Å²) in [6.07, 6.45) is 3.32. The third-order valence-electron chi connectivity index (χ3n) is 2.27. The average Bonchev–Trinajstić information content (AvgIpc) is 2.57. The van der Waals surface area contributed by atoms with Crippen LogP contribution in [0.15, 0.2) is 34.9 Å². The van der Waals surface area contributed by atoms with Crippen molar-refractivity contribution in [2.75, 3.05) is 5.33 Å². The minimum Gasteiger partial charge on any atom is -0.347 e. The number of hydrogen-bond acceptors (Lipinski definition) is 0. The monoisotopic (exact) mass is 315 g/mol. The topological polar surface area (TPSA) is 4.93 Å². The van der Waals surface area contributed by atoms with Gasteiger partial charge in [-0.15, -0.1) is 0 Å². The van der Waals surface area contributed by atoms with E-state index >= 15 is 0 Å². The van der Waals surface area contributed by atoms with Gasteiger partial charge in [-0.2, -0.15) is 0 Å². The zero-order valence-corrected chi connectivity index (χ0v) is 10.9. The number of benzene rings is 1. The summed E-state index contributed by atoms with van der Waals surface area (Å²) in [5.41, 5.74) is 1.31. The third kappa shape index (κ3) is 2.04. The second-order valence-electron chi connectivity index (χ2n) is 3.25. The van der Waals surface area contributed by atoms with Crippen LogP contribution in [0.25, 0.3) is 10.9 Å². The fourth-order valence-corrected chi connectivity index (χ4v) is 2.23. The Morgan fingerprint density at radius 3 is 2.86 bits per heavy atom. The summed E-state index contributed by atoms with van der Waals surface area (Å²) in [6, 6.07) is 8.56. The van der Waals surface area contributed by atoms with Gasteiger partial charge in [0, 0.05) is 33.4 Å². The van der Waals surface area contributed by atoms with E-state index in [9.17, 15) is 0 Å². The number of aryl methyl sites for hydroxylation is 1. The van der Waals surface area contributed by atoms with Crippen molar-refractivity contribution in [3.8, 4) is 0 Å². The van der Waals surface area contributed by atoms with E-state index in [0.29, 0.717) is 0 Å². The van der Waals surface area contributed by atoms with Crippen LogP contribution >= 0.6 is 31.9 Å². The van der Waals surface area contributed by atoms with Gasteiger partial charge >= 0.3 is 0 Å². The molecular formula is C11H11Br2N. The molecule has 0 aliphatic heterocycles. The summed E-state index contributed by atoms with van der Waals surface area (Å²) < 4.78 is 3.44. The Morgan fingerprint density at radius 2 is 2.07 bits per heavy atom. The lowest BCUT2D eigenvalue weighted by molar-refractivity contribution is 0.711. The van der Waals surface area contributed by atoms with E-state index in [-0.39, 0.29) is 0 Å². The molecular weight excluding hydrogens is 306 g/mol. The first-order valence-corrected chi connectivity index (χ1v) is 6.53. The standard InChI is InChI=1S/C11H11Br2N/c12-5-1-6-14-7-4-9-8-10(13)2-3-11(9)14/h2-4,7-8H,1,5-6H2. The van der Waals surface area contributed by atoms with Gasteiger partial charge in [0.05, 0.1) is 0 Å². The summed E-state index contributed by atoms with van der Waals surface area (Å²) in [4.78, 5) is 0. The Labute approximate surface area is 100 Å². The zero-order chi connectivity index (χ0) is 9.97. The highest BCUT2D eigenvalue weighted by Gasteiger charge is 2.00. The molecule has 1 nitrogen and oxygen atoms in total. The third-order valence-corrected chi connectivity index (χ3v) is 3.32. The van der Waals surface area contributed by atoms with Crippen LogP contribution < -0.4 is 0 Å². The molecule has 0 atom stereocenters. The van der Waals surface area contributed by atoms with Crippen LogP contribution in [0.4, 0.5) is 0 Å². The highest BCUT2D eigenvalue weighted by atomic mass is 79.9. The lowest BCUT2D eigenvalue weighted by Gasteiger charge is -2.03. The maximum Gasteiger partial charge on any atom is 0.0481 e. The molecule has 3 heteroatoms. The van der Waals surface area contributed by atoms with Gasteiger partial charge in [-0.25, -0.2) is 0 Å². The number of rotatable bonds is 3. The molecule has 0 unspecified atom stereocenters. The molecule has 0 N–H and O–H groups in total. The summed E-state index contributed by atoms with van der Waals surface area (Å²) in [5.74, 6) is 0. The van der Waals surface area contributed by atoms with Gasteiger partial charge in [0.25, 0.3) is 0 Å². The van der Waals surface area contributed by atoms with Crippen LogP contribution in [-0.2, 0) is 6.54 Å². The van der Waals surface area contributed by atoms with Gasteiger partial charge < -0.3 is 4.57 Å². The second-order valence-corrected chi connectivity index (χ2v) is 4.96. The largest absolute Gasteiger partial charge is 0.347 e. The number of aromatic nitrogens is 1. The van der Waals surface area contributed by atoms with E-state index in [0.717, 1.165) is 16.3 Å². The Bertz CT molecular complexity index is 434. The SMILES string of the molecule is BrCCCn1ccc2cc(Br)ccc21. The van der Waals surface area contributed by atoms with E-state index in [2.05, 4.69) is 66.9 Å². The normalized spacial score (nSPS) is 11.0. The molecule has 0 saturated carbocycles. The molecule has 0 aliphatic rings. The summed E-state index contributed by atoms with van der Waals surface area (Å²) in [5, 5.41) is 2.36. The molecule has 14 heavy (non-hydrogen) atoms. The first-order valence-electron chi connectivity index (χ1n) is 4.61. The Morgan fingerprint density at radius 1 is 1.21 bits per heavy atom. The van der Waals surface area contributed by atoms with Gasteiger partial charge in [-0.1, -0.05) is 31.9 Å². The molecule has 1 aromatic heterocycles. The number of alkyl halides is 1. The molecule has 2 aromatic rings. The smallest absolute Gasteiger partial charge is 0.0481 e. The highest BCUT2D eigenvalue weighted by molar-refractivity contribution is 9.10. The van der Waals surface area contributed by atoms with Crippen LogP contribution in [-0.4, -0.2) is 9.90 Å². The van der Waals surface area contributed by atoms with Gasteiger partial charge in [0.15, 0.2) is 0 Å². The number of fused-ring (bicyclic) bond motifs is 1. The van der Waals surface area contributed by atoms with Crippen LogP contribution in [0.1, 0.15) is 6.42 Å². The van der Waals surface area contributed by atoms with Crippen LogP contribution in [0.2, 0.25) is 0 Å². The summed E-state index contributed by atoms with van der Waals surface area (Å²) in [6.45, 7) is 1.08. The van der Waals surface area contributed by atoms with Crippen LogP contribution in [0, 0.1) is 0 Å². The van der Waals surface area contributed by atoms with E-state index in [1.54, 1.807) is 0 Å². The quantitative estimate of drug-likeness (QED) is 0.748. The molecule has 2 rings (SSSR count). The predicted molar refractivity (Wildman–Crippen MR) is 68.0 cm³/mol. The maximum atomic E-state index is 3.48. The van der Waals surface area contributed by atoms with Crippen molar-refractivity contribution in [1.82, 2.24) is 4.57 Å². The molecule has 0 aliphatic carbocycles. The maximum absolute atomic E-state index is 3.48. The van der Waals surface area contributed by atoms with Crippen molar-refractivity contribution in [2.45, 2.75) is 13.0 Å². The van der Waals surface area contributed by atoms with E-state index in [1.165, 1.54) is 17.3 Å². The Kier molecular flexibility index (Phi) is 3.29. The van der Waals surface area contributed by atoms with E-state index < -0.39 is 0 Å². The van der Waals surface area contributed by atoms with Crippen molar-refractivity contribution in [3.63, 3.8) is 0 Å². The molecule has 74 valence electrons. The molecule has 0 bridgehead atoms. The van der Waals surface area contributed by atoms with Gasteiger partial charge in [0.1, 0.15) is 0 Å². The summed E-state index contributed by atoms with van der Waals surface area (Å²) >= 11 is 6.93. The molecule has 0 radical (unpaired) electrons. The van der Waals surface area contributed by atoms with Crippen molar-refractivity contribution in [1.29, 1.82) is 0 Å². The first kappa shape index (κ1) is 10.2. The lowest BCUT2D eigenvalue weighted by atomic mass is 10.2. The first-order chi connectivity index (χ1) is 6.81. The molecule has 1 heterocycles.